The second-order valence-electron chi connectivity index (χ2n) is 4.51. The van der Waals surface area contributed by atoms with Crippen LogP contribution in [0.1, 0.15) is 12.8 Å². The Morgan fingerprint density at radius 1 is 1.23 bits per heavy atom. The molecule has 6 nitrogen and oxygen atoms in total. The van der Waals surface area contributed by atoms with Crippen molar-refractivity contribution >= 4 is 11.8 Å². The largest absolute Gasteiger partial charge is 0.497 e. The van der Waals surface area contributed by atoms with Crippen molar-refractivity contribution < 1.29 is 9.15 Å². The Morgan fingerprint density at radius 3 is 2.77 bits per heavy atom. The normalized spacial score (nSPS) is 10.8. The molecule has 0 aliphatic heterocycles. The average Bonchev–Trinajstić information content (AvgIpc) is 3.21. The van der Waals surface area contributed by atoms with Gasteiger partial charge in [0.1, 0.15) is 5.75 Å². The Hall–Kier alpha value is -2.28. The van der Waals surface area contributed by atoms with E-state index in [0.29, 0.717) is 17.5 Å². The third kappa shape index (κ3) is 3.14. The van der Waals surface area contributed by atoms with Crippen LogP contribution < -0.4 is 4.74 Å². The zero-order valence-electron chi connectivity index (χ0n) is 12.4. The first kappa shape index (κ1) is 14.6. The van der Waals surface area contributed by atoms with E-state index in [-0.39, 0.29) is 0 Å². The third-order valence-corrected chi connectivity index (χ3v) is 4.14. The summed E-state index contributed by atoms with van der Waals surface area (Å²) in [5.41, 5.74) is 0.875. The predicted molar refractivity (Wildman–Crippen MR) is 83.7 cm³/mol. The first-order valence-electron chi connectivity index (χ1n) is 6.91. The molecule has 2 heterocycles. The molecule has 114 valence electrons. The van der Waals surface area contributed by atoms with Crippen LogP contribution in [0.15, 0.2) is 46.2 Å². The number of methoxy groups -OCH3 is 1. The lowest BCUT2D eigenvalue weighted by Gasteiger charge is -2.01. The van der Waals surface area contributed by atoms with Crippen LogP contribution in [0.3, 0.4) is 0 Å². The summed E-state index contributed by atoms with van der Waals surface area (Å²) in [6.07, 6.45) is 3.75. The van der Waals surface area contributed by atoms with Crippen molar-refractivity contribution in [3.63, 3.8) is 0 Å². The van der Waals surface area contributed by atoms with E-state index in [9.17, 15) is 0 Å². The van der Waals surface area contributed by atoms with Crippen LogP contribution in [0.25, 0.3) is 11.5 Å². The Morgan fingerprint density at radius 2 is 2.05 bits per heavy atom. The average molecular weight is 316 g/mol. The number of aromatic nitrogens is 4. The second kappa shape index (κ2) is 6.65. The number of benzene rings is 1. The number of aryl methyl sites for hydroxylation is 1. The molecule has 22 heavy (non-hydrogen) atoms. The van der Waals surface area contributed by atoms with Gasteiger partial charge in [0, 0.05) is 24.5 Å². The Labute approximate surface area is 132 Å². The van der Waals surface area contributed by atoms with Gasteiger partial charge in [-0.1, -0.05) is 11.8 Å². The molecule has 1 aromatic carbocycles. The maximum Gasteiger partial charge on any atom is 0.247 e. The minimum atomic E-state index is 0.511. The maximum absolute atomic E-state index is 5.69. The van der Waals surface area contributed by atoms with Crippen LogP contribution in [0.5, 0.6) is 5.75 Å². The minimum Gasteiger partial charge on any atom is -0.497 e. The van der Waals surface area contributed by atoms with Crippen molar-refractivity contribution in [2.24, 2.45) is 0 Å². The number of rotatable bonds is 6. The molecule has 2 aromatic heterocycles. The highest BCUT2D eigenvalue weighted by Crippen LogP contribution is 2.24. The lowest BCUT2D eigenvalue weighted by molar-refractivity contribution is 0.415. The molecule has 0 atom stereocenters. The SMILES string of the molecule is CCn1ccnc1SCc1nnc(-c2ccc(OC)cc2)o1. The first-order valence-corrected chi connectivity index (χ1v) is 7.89. The van der Waals surface area contributed by atoms with Crippen molar-refractivity contribution in [1.29, 1.82) is 0 Å². The lowest BCUT2D eigenvalue weighted by Crippen LogP contribution is -1.94. The van der Waals surface area contributed by atoms with Crippen molar-refractivity contribution in [1.82, 2.24) is 19.7 Å². The quantitative estimate of drug-likeness (QED) is 0.650. The topological polar surface area (TPSA) is 66.0 Å². The zero-order chi connectivity index (χ0) is 15.4. The molecule has 0 fully saturated rings. The minimum absolute atomic E-state index is 0.511. The fourth-order valence-corrected chi connectivity index (χ4v) is 2.83. The third-order valence-electron chi connectivity index (χ3n) is 3.15. The van der Waals surface area contributed by atoms with E-state index in [1.807, 2.05) is 30.5 Å². The number of hydrogen-bond acceptors (Lipinski definition) is 6. The molecule has 0 bridgehead atoms. The summed E-state index contributed by atoms with van der Waals surface area (Å²) < 4.78 is 12.9. The molecule has 0 saturated carbocycles. The van der Waals surface area contributed by atoms with Gasteiger partial charge < -0.3 is 13.7 Å². The predicted octanol–water partition coefficient (Wildman–Crippen LogP) is 3.25. The number of ether oxygens (including phenoxy) is 1. The summed E-state index contributed by atoms with van der Waals surface area (Å²) in [6, 6.07) is 7.53. The van der Waals surface area contributed by atoms with Crippen molar-refractivity contribution in [3.05, 3.63) is 42.5 Å². The molecule has 3 rings (SSSR count). The van der Waals surface area contributed by atoms with Gasteiger partial charge in [-0.05, 0) is 31.2 Å². The van der Waals surface area contributed by atoms with Crippen LogP contribution in [0, 0.1) is 0 Å². The second-order valence-corrected chi connectivity index (χ2v) is 5.46. The van der Waals surface area contributed by atoms with Gasteiger partial charge in [0.2, 0.25) is 11.8 Å². The van der Waals surface area contributed by atoms with E-state index in [1.165, 1.54) is 0 Å². The monoisotopic (exact) mass is 316 g/mol. The number of thioether (sulfide) groups is 1. The molecule has 0 N–H and O–H groups in total. The van der Waals surface area contributed by atoms with Crippen molar-refractivity contribution in [2.75, 3.05) is 7.11 Å². The molecular formula is C15H16N4O2S. The first-order chi connectivity index (χ1) is 10.8. The standard InChI is InChI=1S/C15H16N4O2S/c1-3-19-9-8-16-15(19)22-10-13-17-18-14(21-13)11-4-6-12(20-2)7-5-11/h4-9H,3,10H2,1-2H3. The van der Waals surface area contributed by atoms with Gasteiger partial charge in [-0.2, -0.15) is 0 Å². The van der Waals surface area contributed by atoms with E-state index in [1.54, 1.807) is 25.1 Å². The molecule has 7 heteroatoms. The molecule has 0 spiro atoms. The van der Waals surface area contributed by atoms with Crippen LogP contribution in [-0.2, 0) is 12.3 Å². The molecular weight excluding hydrogens is 300 g/mol. The fraction of sp³-hybridized carbons (Fsp3) is 0.267. The van der Waals surface area contributed by atoms with E-state index >= 15 is 0 Å². The summed E-state index contributed by atoms with van der Waals surface area (Å²) in [7, 11) is 1.64. The van der Waals surface area contributed by atoms with E-state index in [0.717, 1.165) is 23.0 Å². The highest BCUT2D eigenvalue weighted by atomic mass is 32.2. The Balaban J connectivity index is 1.68. The Kier molecular flexibility index (Phi) is 4.43. The van der Waals surface area contributed by atoms with Gasteiger partial charge in [0.15, 0.2) is 5.16 Å². The smallest absolute Gasteiger partial charge is 0.247 e. The fourth-order valence-electron chi connectivity index (χ4n) is 1.96. The van der Waals surface area contributed by atoms with Crippen LogP contribution >= 0.6 is 11.8 Å². The summed E-state index contributed by atoms with van der Waals surface area (Å²) in [6.45, 7) is 2.98. The highest BCUT2D eigenvalue weighted by Gasteiger charge is 2.10. The summed E-state index contributed by atoms with van der Waals surface area (Å²) in [5.74, 6) is 2.49. The van der Waals surface area contributed by atoms with E-state index in [4.69, 9.17) is 9.15 Å². The van der Waals surface area contributed by atoms with Gasteiger partial charge in [-0.25, -0.2) is 4.98 Å². The molecule has 3 aromatic rings. The Bertz CT molecular complexity index is 736. The van der Waals surface area contributed by atoms with Crippen molar-refractivity contribution in [2.45, 2.75) is 24.4 Å². The molecule has 0 aliphatic rings. The van der Waals surface area contributed by atoms with Crippen LogP contribution in [0.4, 0.5) is 0 Å². The van der Waals surface area contributed by atoms with Gasteiger partial charge in [-0.3, -0.25) is 0 Å². The molecule has 0 aliphatic carbocycles. The molecule has 0 radical (unpaired) electrons. The van der Waals surface area contributed by atoms with E-state index in [2.05, 4.69) is 26.7 Å². The zero-order valence-corrected chi connectivity index (χ0v) is 13.2. The van der Waals surface area contributed by atoms with Gasteiger partial charge in [-0.15, -0.1) is 10.2 Å². The van der Waals surface area contributed by atoms with Gasteiger partial charge in [0.05, 0.1) is 12.9 Å². The summed E-state index contributed by atoms with van der Waals surface area (Å²) in [4.78, 5) is 4.31. The lowest BCUT2D eigenvalue weighted by atomic mass is 10.2. The maximum atomic E-state index is 5.69. The molecule has 0 amide bonds. The number of imidazole rings is 1. The number of hydrogen-bond donors (Lipinski definition) is 0. The summed E-state index contributed by atoms with van der Waals surface area (Å²) in [5, 5.41) is 9.12. The van der Waals surface area contributed by atoms with Gasteiger partial charge in [0.25, 0.3) is 0 Å². The molecule has 0 saturated heterocycles. The van der Waals surface area contributed by atoms with E-state index < -0.39 is 0 Å². The van der Waals surface area contributed by atoms with Gasteiger partial charge >= 0.3 is 0 Å². The molecule has 0 unspecified atom stereocenters. The van der Waals surface area contributed by atoms with Crippen molar-refractivity contribution in [3.8, 4) is 17.2 Å². The highest BCUT2D eigenvalue weighted by molar-refractivity contribution is 7.98. The number of nitrogens with zero attached hydrogens (tertiary/aromatic N) is 4. The summed E-state index contributed by atoms with van der Waals surface area (Å²) >= 11 is 1.58. The van der Waals surface area contributed by atoms with Crippen LogP contribution in [0.2, 0.25) is 0 Å². The van der Waals surface area contributed by atoms with Crippen LogP contribution in [-0.4, -0.2) is 26.9 Å².